The Kier molecular flexibility index (Phi) is 6.35. The van der Waals surface area contributed by atoms with Crippen molar-refractivity contribution in [2.24, 2.45) is 0 Å². The molecule has 36 heavy (non-hydrogen) atoms. The van der Waals surface area contributed by atoms with Gasteiger partial charge in [-0.25, -0.2) is 0 Å². The van der Waals surface area contributed by atoms with Crippen LogP contribution in [0.4, 0.5) is 0 Å². The first-order valence-corrected chi connectivity index (χ1v) is 13.3. The van der Waals surface area contributed by atoms with Crippen LogP contribution in [0.1, 0.15) is 65.9 Å². The number of ether oxygens (including phenoxy) is 1. The highest BCUT2D eigenvalue weighted by molar-refractivity contribution is 6.30. The number of piperidine rings is 1. The molecule has 1 aromatic heterocycles. The molecule has 1 aromatic carbocycles. The molecule has 2 aromatic rings. The van der Waals surface area contributed by atoms with Gasteiger partial charge in [0.25, 0.3) is 5.91 Å². The fraction of sp³-hybridized carbons (Fsp3) is 0.519. The van der Waals surface area contributed by atoms with E-state index in [0.29, 0.717) is 41.9 Å². The molecule has 2 saturated heterocycles. The van der Waals surface area contributed by atoms with Gasteiger partial charge < -0.3 is 20.1 Å². The number of likely N-dealkylation sites (tertiary alicyclic amines) is 1. The quantitative estimate of drug-likeness (QED) is 0.642. The Hall–Kier alpha value is -2.68. The molecule has 4 aliphatic rings. The van der Waals surface area contributed by atoms with Crippen LogP contribution in [0.3, 0.4) is 0 Å². The Morgan fingerprint density at radius 3 is 2.69 bits per heavy atom. The van der Waals surface area contributed by atoms with Crippen molar-refractivity contribution in [3.05, 3.63) is 58.4 Å². The minimum Gasteiger partial charge on any atom is -0.489 e. The number of rotatable bonds is 5. The number of carbonyl (C=O) groups is 2. The summed E-state index contributed by atoms with van der Waals surface area (Å²) in [6.45, 7) is 2.35. The molecule has 0 bridgehead atoms. The maximum absolute atomic E-state index is 13.0. The molecular formula is C27H31ClN4O4. The van der Waals surface area contributed by atoms with Gasteiger partial charge in [0.05, 0.1) is 5.02 Å². The number of nitrogens with zero attached hydrogens (tertiary/aromatic N) is 3. The zero-order valence-electron chi connectivity index (χ0n) is 20.1. The molecule has 2 amide bonds. The molecular weight excluding hydrogens is 480 g/mol. The van der Waals surface area contributed by atoms with Crippen molar-refractivity contribution in [1.82, 2.24) is 20.1 Å². The first-order valence-electron chi connectivity index (χ1n) is 12.9. The number of amides is 2. The second kappa shape index (κ2) is 9.65. The molecule has 2 unspecified atom stereocenters. The summed E-state index contributed by atoms with van der Waals surface area (Å²) in [4.78, 5) is 33.8. The van der Waals surface area contributed by atoms with Crippen LogP contribution in [0.25, 0.3) is 0 Å². The van der Waals surface area contributed by atoms with Crippen LogP contribution in [0.5, 0.6) is 5.75 Å². The van der Waals surface area contributed by atoms with Crippen molar-refractivity contribution in [3.8, 4) is 5.75 Å². The van der Waals surface area contributed by atoms with Crippen LogP contribution < -0.4 is 10.1 Å². The van der Waals surface area contributed by atoms with Crippen LogP contribution in [-0.4, -0.2) is 69.2 Å². The predicted molar refractivity (Wildman–Crippen MR) is 134 cm³/mol. The molecule has 3 fully saturated rings. The molecule has 9 heteroatoms. The number of aliphatic hydroxyl groups excluding tert-OH is 1. The summed E-state index contributed by atoms with van der Waals surface area (Å²) in [6.07, 6.45) is 8.24. The van der Waals surface area contributed by atoms with Crippen molar-refractivity contribution >= 4 is 23.4 Å². The number of halogens is 1. The normalized spacial score (nSPS) is 29.0. The molecule has 1 saturated carbocycles. The molecule has 0 spiro atoms. The van der Waals surface area contributed by atoms with E-state index in [0.717, 1.165) is 43.7 Å². The van der Waals surface area contributed by atoms with Gasteiger partial charge in [-0.15, -0.1) is 0 Å². The average Bonchev–Trinajstić information content (AvgIpc) is 3.15. The molecule has 3 aliphatic heterocycles. The highest BCUT2D eigenvalue weighted by Crippen LogP contribution is 2.37. The highest BCUT2D eigenvalue weighted by atomic mass is 35.5. The lowest BCUT2D eigenvalue weighted by molar-refractivity contribution is -0.132. The summed E-state index contributed by atoms with van der Waals surface area (Å²) in [7, 11) is 0. The fourth-order valence-corrected chi connectivity index (χ4v) is 6.36. The van der Waals surface area contributed by atoms with E-state index in [1.165, 1.54) is 12.0 Å². The lowest BCUT2D eigenvalue weighted by atomic mass is 9.85. The fourth-order valence-electron chi connectivity index (χ4n) is 6.17. The van der Waals surface area contributed by atoms with Gasteiger partial charge in [-0.05, 0) is 67.5 Å². The van der Waals surface area contributed by atoms with Gasteiger partial charge in [-0.1, -0.05) is 18.0 Å². The summed E-state index contributed by atoms with van der Waals surface area (Å²) in [5.41, 5.74) is 2.71. The Morgan fingerprint density at radius 2 is 1.89 bits per heavy atom. The van der Waals surface area contributed by atoms with E-state index in [1.54, 1.807) is 11.1 Å². The predicted octanol–water partition coefficient (Wildman–Crippen LogP) is 3.08. The number of nitrogens with one attached hydrogen (secondary N) is 1. The summed E-state index contributed by atoms with van der Waals surface area (Å²) >= 11 is 6.13. The van der Waals surface area contributed by atoms with Gasteiger partial charge >= 0.3 is 0 Å². The van der Waals surface area contributed by atoms with Crippen LogP contribution >= 0.6 is 11.6 Å². The summed E-state index contributed by atoms with van der Waals surface area (Å²) in [6, 6.07) is 7.50. The smallest absolute Gasteiger partial charge is 0.255 e. The Bertz CT molecular complexity index is 1170. The maximum Gasteiger partial charge on any atom is 0.255 e. The van der Waals surface area contributed by atoms with Gasteiger partial charge in [-0.2, -0.15) is 0 Å². The molecule has 8 nitrogen and oxygen atoms in total. The Balaban J connectivity index is 1.12. The third kappa shape index (κ3) is 4.46. The molecule has 6 rings (SSSR count). The van der Waals surface area contributed by atoms with E-state index >= 15 is 0 Å². The van der Waals surface area contributed by atoms with E-state index < -0.39 is 12.3 Å². The second-order valence-corrected chi connectivity index (χ2v) is 10.9. The largest absolute Gasteiger partial charge is 0.489 e. The number of aliphatic hydroxyl groups is 1. The van der Waals surface area contributed by atoms with E-state index in [1.807, 2.05) is 30.5 Å². The minimum absolute atomic E-state index is 0.106. The molecule has 2 N–H and O–H groups in total. The van der Waals surface area contributed by atoms with E-state index in [2.05, 4.69) is 15.2 Å². The molecule has 190 valence electrons. The van der Waals surface area contributed by atoms with Gasteiger partial charge in [-0.3, -0.25) is 19.5 Å². The van der Waals surface area contributed by atoms with Gasteiger partial charge in [0.1, 0.15) is 24.1 Å². The van der Waals surface area contributed by atoms with E-state index in [9.17, 15) is 14.7 Å². The van der Waals surface area contributed by atoms with E-state index in [-0.39, 0.29) is 17.9 Å². The number of carbonyl (C=O) groups excluding carboxylic acids is 2. The first-order chi connectivity index (χ1) is 17.5. The van der Waals surface area contributed by atoms with Crippen LogP contribution in [-0.2, 0) is 11.3 Å². The lowest BCUT2D eigenvalue weighted by Gasteiger charge is -2.48. The van der Waals surface area contributed by atoms with Gasteiger partial charge in [0, 0.05) is 49.6 Å². The van der Waals surface area contributed by atoms with Gasteiger partial charge in [0.2, 0.25) is 5.91 Å². The molecule has 0 radical (unpaired) electrons. The number of pyridine rings is 1. The van der Waals surface area contributed by atoms with Crippen LogP contribution in [0, 0.1) is 0 Å². The van der Waals surface area contributed by atoms with Crippen molar-refractivity contribution in [2.75, 3.05) is 13.1 Å². The van der Waals surface area contributed by atoms with Crippen molar-refractivity contribution in [3.63, 3.8) is 0 Å². The number of hydrogen-bond donors (Lipinski definition) is 2. The standard InChI is InChI=1S/C27H31ClN4O4/c28-19-9-16(11-29-12-19)18-13-31(14-18)22-3-1-2-4-24(22)36-20-5-6-21-17(10-20)15-32(27(21)35)23-7-8-25(33)30-26(23)34/h5-6,9-12,18,22-25,33H,1-4,7-8,13-15H2,(H,30,34)/t22-,23?,24-,25?/m0/s1. The second-order valence-electron chi connectivity index (χ2n) is 10.5. The topological polar surface area (TPSA) is 95.0 Å². The van der Waals surface area contributed by atoms with Crippen molar-refractivity contribution in [1.29, 1.82) is 0 Å². The number of hydrogen-bond acceptors (Lipinski definition) is 6. The zero-order chi connectivity index (χ0) is 24.8. The summed E-state index contributed by atoms with van der Waals surface area (Å²) in [5.74, 6) is 0.803. The van der Waals surface area contributed by atoms with Crippen LogP contribution in [0.15, 0.2) is 36.7 Å². The summed E-state index contributed by atoms with van der Waals surface area (Å²) < 4.78 is 6.54. The maximum atomic E-state index is 13.0. The lowest BCUT2D eigenvalue weighted by Crippen LogP contribution is -2.57. The minimum atomic E-state index is -0.832. The number of aromatic nitrogens is 1. The highest BCUT2D eigenvalue weighted by Gasteiger charge is 2.41. The monoisotopic (exact) mass is 510 g/mol. The molecule has 4 atom stereocenters. The molecule has 1 aliphatic carbocycles. The zero-order valence-corrected chi connectivity index (χ0v) is 20.9. The number of fused-ring (bicyclic) bond motifs is 1. The van der Waals surface area contributed by atoms with Gasteiger partial charge in [0.15, 0.2) is 0 Å². The number of benzene rings is 1. The third-order valence-electron chi connectivity index (χ3n) is 8.14. The molecule has 4 heterocycles. The van der Waals surface area contributed by atoms with Crippen molar-refractivity contribution < 1.29 is 19.4 Å². The third-order valence-corrected chi connectivity index (χ3v) is 8.35. The average molecular weight is 511 g/mol. The summed E-state index contributed by atoms with van der Waals surface area (Å²) in [5, 5.41) is 12.9. The first kappa shape index (κ1) is 23.7. The SMILES string of the molecule is O=C1NC(O)CCC1N1Cc2cc(O[C@H]3CCCC[C@@H]3N3CC(c4cncc(Cl)c4)C3)ccc2C1=O. The van der Waals surface area contributed by atoms with Crippen LogP contribution in [0.2, 0.25) is 5.02 Å². The Morgan fingerprint density at radius 1 is 1.06 bits per heavy atom. The Labute approximate surface area is 215 Å². The van der Waals surface area contributed by atoms with Crippen molar-refractivity contribution in [2.45, 2.75) is 75.4 Å². The van der Waals surface area contributed by atoms with E-state index in [4.69, 9.17) is 16.3 Å².